The van der Waals surface area contributed by atoms with Gasteiger partial charge in [-0.05, 0) is 30.5 Å². The number of thioether (sulfide) groups is 1. The van der Waals surface area contributed by atoms with Crippen LogP contribution in [0.1, 0.15) is 17.8 Å². The van der Waals surface area contributed by atoms with Gasteiger partial charge in [-0.15, -0.1) is 21.5 Å². The van der Waals surface area contributed by atoms with Gasteiger partial charge in [0.2, 0.25) is 5.91 Å². The molecule has 0 radical (unpaired) electrons. The second-order valence-corrected chi connectivity index (χ2v) is 6.83. The number of carbonyl (C=O) groups excluding carboxylic acids is 1. The number of thiophene rings is 1. The third-order valence-electron chi connectivity index (χ3n) is 3.23. The van der Waals surface area contributed by atoms with Crippen molar-refractivity contribution < 1.29 is 4.79 Å². The summed E-state index contributed by atoms with van der Waals surface area (Å²) in [7, 11) is 0. The van der Waals surface area contributed by atoms with Crippen molar-refractivity contribution in [2.24, 2.45) is 0 Å². The summed E-state index contributed by atoms with van der Waals surface area (Å²) in [6, 6.07) is 13.9. The molecule has 5 nitrogen and oxygen atoms in total. The monoisotopic (exact) mass is 344 g/mol. The van der Waals surface area contributed by atoms with Crippen molar-refractivity contribution in [3.63, 3.8) is 0 Å². The molecule has 0 aliphatic carbocycles. The normalized spacial score (nSPS) is 12.0. The second-order valence-electron chi connectivity index (χ2n) is 4.91. The summed E-state index contributed by atoms with van der Waals surface area (Å²) in [6.07, 6.45) is 1.66. The van der Waals surface area contributed by atoms with Crippen molar-refractivity contribution in [2.75, 3.05) is 5.75 Å². The molecule has 0 saturated carbocycles. The first-order chi connectivity index (χ1) is 11.2. The zero-order valence-electron chi connectivity index (χ0n) is 12.5. The topological polar surface area (TPSA) is 59.8 Å². The Morgan fingerprint density at radius 2 is 2.13 bits per heavy atom. The molecular formula is C16H16N4OS2. The van der Waals surface area contributed by atoms with Crippen LogP contribution < -0.4 is 5.32 Å². The fourth-order valence-electron chi connectivity index (χ4n) is 2.11. The molecule has 1 aromatic carbocycles. The summed E-state index contributed by atoms with van der Waals surface area (Å²) < 4.78 is 1.88. The molecule has 3 aromatic rings. The fourth-order valence-corrected chi connectivity index (χ4v) is 3.59. The number of hydrogen-bond acceptors (Lipinski definition) is 5. The van der Waals surface area contributed by atoms with Gasteiger partial charge in [0.25, 0.3) is 0 Å². The number of carbonyl (C=O) groups is 1. The largest absolute Gasteiger partial charge is 0.348 e. The van der Waals surface area contributed by atoms with Crippen LogP contribution in [0.3, 0.4) is 0 Å². The number of aromatic nitrogens is 3. The smallest absolute Gasteiger partial charge is 0.230 e. The summed E-state index contributed by atoms with van der Waals surface area (Å²) in [5, 5.41) is 13.7. The van der Waals surface area contributed by atoms with E-state index in [0.717, 1.165) is 10.6 Å². The minimum Gasteiger partial charge on any atom is -0.348 e. The molecule has 2 heterocycles. The number of benzene rings is 1. The van der Waals surface area contributed by atoms with E-state index in [1.165, 1.54) is 11.8 Å². The van der Waals surface area contributed by atoms with Gasteiger partial charge in [-0.2, -0.15) is 0 Å². The van der Waals surface area contributed by atoms with Gasteiger partial charge < -0.3 is 5.32 Å². The molecule has 0 bridgehead atoms. The summed E-state index contributed by atoms with van der Waals surface area (Å²) >= 11 is 3.02. The number of amides is 1. The van der Waals surface area contributed by atoms with Crippen molar-refractivity contribution in [1.29, 1.82) is 0 Å². The quantitative estimate of drug-likeness (QED) is 0.697. The first kappa shape index (κ1) is 15.8. The van der Waals surface area contributed by atoms with Crippen LogP contribution in [-0.2, 0) is 4.79 Å². The minimum absolute atomic E-state index is 0.0153. The van der Waals surface area contributed by atoms with Gasteiger partial charge in [0.15, 0.2) is 5.16 Å². The molecule has 1 unspecified atom stereocenters. The lowest BCUT2D eigenvalue weighted by Crippen LogP contribution is -2.27. The predicted octanol–water partition coefficient (Wildman–Crippen LogP) is 3.30. The minimum atomic E-state index is -0.0153. The molecule has 1 amide bonds. The maximum Gasteiger partial charge on any atom is 0.230 e. The van der Waals surface area contributed by atoms with Crippen LogP contribution in [-0.4, -0.2) is 26.4 Å². The SMILES string of the molecule is CC(NC(=O)CSc1nncn1-c1ccccc1)c1cccs1. The van der Waals surface area contributed by atoms with Crippen LogP contribution in [0.15, 0.2) is 59.3 Å². The van der Waals surface area contributed by atoms with Gasteiger partial charge in [-0.3, -0.25) is 9.36 Å². The van der Waals surface area contributed by atoms with E-state index in [-0.39, 0.29) is 11.9 Å². The molecule has 0 aliphatic heterocycles. The Hall–Kier alpha value is -2.12. The number of para-hydroxylation sites is 1. The van der Waals surface area contributed by atoms with Crippen molar-refractivity contribution in [2.45, 2.75) is 18.1 Å². The number of nitrogens with zero attached hydrogens (tertiary/aromatic N) is 3. The molecule has 0 fully saturated rings. The van der Waals surface area contributed by atoms with E-state index in [1.54, 1.807) is 17.7 Å². The lowest BCUT2D eigenvalue weighted by Gasteiger charge is -2.12. The lowest BCUT2D eigenvalue weighted by molar-refractivity contribution is -0.119. The Kier molecular flexibility index (Phi) is 5.09. The molecule has 118 valence electrons. The van der Waals surface area contributed by atoms with Gasteiger partial charge in [0, 0.05) is 10.6 Å². The molecule has 0 aliphatic rings. The molecule has 2 aromatic heterocycles. The fraction of sp³-hybridized carbons (Fsp3) is 0.188. The highest BCUT2D eigenvalue weighted by Crippen LogP contribution is 2.21. The number of rotatable bonds is 6. The zero-order chi connectivity index (χ0) is 16.1. The Balaban J connectivity index is 1.59. The molecular weight excluding hydrogens is 328 g/mol. The van der Waals surface area contributed by atoms with Gasteiger partial charge >= 0.3 is 0 Å². The molecule has 23 heavy (non-hydrogen) atoms. The summed E-state index contributed by atoms with van der Waals surface area (Å²) in [6.45, 7) is 1.99. The summed E-state index contributed by atoms with van der Waals surface area (Å²) in [4.78, 5) is 13.3. The molecule has 0 saturated heterocycles. The zero-order valence-corrected chi connectivity index (χ0v) is 14.2. The van der Waals surface area contributed by atoms with Crippen LogP contribution in [0, 0.1) is 0 Å². The van der Waals surface area contributed by atoms with Gasteiger partial charge in [0.05, 0.1) is 11.8 Å². The van der Waals surface area contributed by atoms with Crippen molar-refractivity contribution >= 4 is 29.0 Å². The Morgan fingerprint density at radius 3 is 2.87 bits per heavy atom. The van der Waals surface area contributed by atoms with E-state index in [9.17, 15) is 4.79 Å². The highest BCUT2D eigenvalue weighted by Gasteiger charge is 2.13. The van der Waals surface area contributed by atoms with Crippen molar-refractivity contribution in [3.05, 3.63) is 59.0 Å². The Bertz CT molecular complexity index is 756. The number of nitrogens with one attached hydrogen (secondary N) is 1. The van der Waals surface area contributed by atoms with Crippen molar-refractivity contribution in [3.8, 4) is 5.69 Å². The first-order valence-electron chi connectivity index (χ1n) is 7.15. The van der Waals surface area contributed by atoms with Crippen LogP contribution in [0.2, 0.25) is 0 Å². The van der Waals surface area contributed by atoms with E-state index in [0.29, 0.717) is 10.9 Å². The molecule has 1 atom stereocenters. The van der Waals surface area contributed by atoms with E-state index in [1.807, 2.05) is 59.3 Å². The molecule has 1 N–H and O–H groups in total. The molecule has 3 rings (SSSR count). The lowest BCUT2D eigenvalue weighted by atomic mass is 10.3. The molecule has 7 heteroatoms. The summed E-state index contributed by atoms with van der Waals surface area (Å²) in [5.74, 6) is 0.292. The number of hydrogen-bond donors (Lipinski definition) is 1. The standard InChI is InChI=1S/C16H16N4OS2/c1-12(14-8-5-9-22-14)18-15(21)10-23-16-19-17-11-20(16)13-6-3-2-4-7-13/h2-9,11-12H,10H2,1H3,(H,18,21). The van der Waals surface area contributed by atoms with Crippen LogP contribution in [0.4, 0.5) is 0 Å². The maximum atomic E-state index is 12.1. The third kappa shape index (κ3) is 4.00. The first-order valence-corrected chi connectivity index (χ1v) is 9.01. The van der Waals surface area contributed by atoms with Crippen LogP contribution in [0.5, 0.6) is 0 Å². The highest BCUT2D eigenvalue weighted by atomic mass is 32.2. The maximum absolute atomic E-state index is 12.1. The van der Waals surface area contributed by atoms with E-state index >= 15 is 0 Å². The van der Waals surface area contributed by atoms with Crippen LogP contribution >= 0.6 is 23.1 Å². The van der Waals surface area contributed by atoms with Crippen LogP contribution in [0.25, 0.3) is 5.69 Å². The van der Waals surface area contributed by atoms with E-state index in [2.05, 4.69) is 15.5 Å². The predicted molar refractivity (Wildman–Crippen MR) is 93.0 cm³/mol. The molecule has 0 spiro atoms. The highest BCUT2D eigenvalue weighted by molar-refractivity contribution is 7.99. The Morgan fingerprint density at radius 1 is 1.30 bits per heavy atom. The van der Waals surface area contributed by atoms with Crippen molar-refractivity contribution in [1.82, 2.24) is 20.1 Å². The second kappa shape index (κ2) is 7.43. The third-order valence-corrected chi connectivity index (χ3v) is 5.23. The average Bonchev–Trinajstić information content (AvgIpc) is 3.25. The van der Waals surface area contributed by atoms with Gasteiger partial charge in [0.1, 0.15) is 6.33 Å². The Labute approximate surface area is 142 Å². The van der Waals surface area contributed by atoms with Gasteiger partial charge in [-0.25, -0.2) is 0 Å². The average molecular weight is 344 g/mol. The van der Waals surface area contributed by atoms with E-state index in [4.69, 9.17) is 0 Å². The van der Waals surface area contributed by atoms with Gasteiger partial charge in [-0.1, -0.05) is 36.0 Å². The summed E-state index contributed by atoms with van der Waals surface area (Å²) in [5.41, 5.74) is 0.979. The van der Waals surface area contributed by atoms with E-state index < -0.39 is 0 Å².